The zero-order valence-corrected chi connectivity index (χ0v) is 19.8. The van der Waals surface area contributed by atoms with E-state index in [1.807, 2.05) is 61.5 Å². The van der Waals surface area contributed by atoms with E-state index < -0.39 is 5.25 Å². The summed E-state index contributed by atoms with van der Waals surface area (Å²) in [4.78, 5) is 32.4. The number of benzene rings is 2. The number of methoxy groups -OCH3 is 1. The van der Waals surface area contributed by atoms with E-state index in [9.17, 15) is 9.59 Å². The molecule has 1 N–H and O–H groups in total. The Morgan fingerprint density at radius 1 is 1.21 bits per heavy atom. The average Bonchev–Trinajstić information content (AvgIpc) is 3.40. The number of nitrogens with one attached hydrogen (secondary N) is 1. The van der Waals surface area contributed by atoms with E-state index in [1.54, 1.807) is 26.2 Å². The summed E-state index contributed by atoms with van der Waals surface area (Å²) in [7, 11) is 1.60. The minimum Gasteiger partial charge on any atom is -0.497 e. The maximum atomic E-state index is 13.4. The first kappa shape index (κ1) is 23.3. The summed E-state index contributed by atoms with van der Waals surface area (Å²) in [6.45, 7) is 3.66. The highest BCUT2D eigenvalue weighted by Gasteiger charge is 2.35. The zero-order chi connectivity index (χ0) is 24.1. The number of carbonyl (C=O) groups is 2. The smallest absolute Gasteiger partial charge is 0.283 e. The molecule has 0 aliphatic carbocycles. The number of carbonyl (C=O) groups excluding carboxylic acids is 2. The van der Waals surface area contributed by atoms with Gasteiger partial charge in [0.25, 0.3) is 5.91 Å². The number of aliphatic imine (C=N–C) groups is 1. The van der Waals surface area contributed by atoms with Crippen LogP contribution in [0.2, 0.25) is 0 Å². The Kier molecular flexibility index (Phi) is 7.12. The first-order valence-corrected chi connectivity index (χ1v) is 11.6. The fourth-order valence-corrected chi connectivity index (χ4v) is 4.35. The lowest BCUT2D eigenvalue weighted by atomic mass is 10.2. The summed E-state index contributed by atoms with van der Waals surface area (Å²) in [6, 6.07) is 18.3. The Morgan fingerprint density at radius 3 is 2.56 bits per heavy atom. The first-order valence-electron chi connectivity index (χ1n) is 10.7. The van der Waals surface area contributed by atoms with Crippen LogP contribution in [0.25, 0.3) is 6.08 Å². The first-order chi connectivity index (χ1) is 16.5. The molecule has 0 unspecified atom stereocenters. The molecule has 2 aromatic carbocycles. The van der Waals surface area contributed by atoms with Crippen LogP contribution in [-0.4, -0.2) is 34.5 Å². The van der Waals surface area contributed by atoms with Crippen LogP contribution in [0.3, 0.4) is 0 Å². The van der Waals surface area contributed by atoms with Gasteiger partial charge in [0.1, 0.15) is 17.2 Å². The van der Waals surface area contributed by atoms with Gasteiger partial charge in [0, 0.05) is 6.07 Å². The van der Waals surface area contributed by atoms with Gasteiger partial charge in [-0.2, -0.15) is 0 Å². The maximum absolute atomic E-state index is 13.4. The fourth-order valence-electron chi connectivity index (χ4n) is 3.32. The second kappa shape index (κ2) is 10.4. The molecule has 0 fully saturated rings. The van der Waals surface area contributed by atoms with Gasteiger partial charge in [-0.1, -0.05) is 54.2 Å². The number of thioether (sulfide) groups is 1. The molecule has 34 heavy (non-hydrogen) atoms. The molecule has 1 aliphatic rings. The molecule has 1 aliphatic heterocycles. The Hall–Kier alpha value is -3.85. The number of nitrogens with zero attached hydrogens (tertiary/aromatic N) is 3. The molecule has 174 valence electrons. The van der Waals surface area contributed by atoms with Gasteiger partial charge >= 0.3 is 0 Å². The topological polar surface area (TPSA) is 97.0 Å². The number of hydrogen-bond donors (Lipinski definition) is 1. The van der Waals surface area contributed by atoms with Crippen molar-refractivity contribution in [3.05, 3.63) is 77.7 Å². The molecule has 2 amide bonds. The van der Waals surface area contributed by atoms with Crippen molar-refractivity contribution in [3.8, 4) is 5.75 Å². The largest absolute Gasteiger partial charge is 0.497 e. The van der Waals surface area contributed by atoms with Crippen LogP contribution >= 0.6 is 11.8 Å². The van der Waals surface area contributed by atoms with Gasteiger partial charge in [0.15, 0.2) is 11.0 Å². The van der Waals surface area contributed by atoms with Crippen LogP contribution in [0.1, 0.15) is 24.7 Å². The predicted molar refractivity (Wildman–Crippen MR) is 134 cm³/mol. The summed E-state index contributed by atoms with van der Waals surface area (Å²) in [5.41, 5.74) is 1.79. The number of anilines is 2. The molecule has 9 heteroatoms. The number of para-hydroxylation sites is 1. The normalized spacial score (nSPS) is 15.4. The zero-order valence-electron chi connectivity index (χ0n) is 19.0. The third-order valence-electron chi connectivity index (χ3n) is 5.05. The van der Waals surface area contributed by atoms with Crippen molar-refractivity contribution in [3.63, 3.8) is 0 Å². The van der Waals surface area contributed by atoms with Crippen LogP contribution in [0.5, 0.6) is 5.75 Å². The summed E-state index contributed by atoms with van der Waals surface area (Å²) in [5, 5.41) is 6.54. The van der Waals surface area contributed by atoms with Gasteiger partial charge in [-0.05, 0) is 49.2 Å². The highest BCUT2D eigenvalue weighted by atomic mass is 32.2. The molecule has 0 saturated heterocycles. The van der Waals surface area contributed by atoms with E-state index >= 15 is 0 Å². The second-order valence-corrected chi connectivity index (χ2v) is 8.67. The lowest BCUT2D eigenvalue weighted by molar-refractivity contribution is -0.116. The van der Waals surface area contributed by atoms with Crippen LogP contribution in [-0.2, 0) is 9.59 Å². The number of aromatic nitrogens is 1. The fraction of sp³-hybridized carbons (Fsp3) is 0.200. The average molecular weight is 477 g/mol. The van der Waals surface area contributed by atoms with E-state index in [0.29, 0.717) is 34.6 Å². The molecule has 0 spiro atoms. The van der Waals surface area contributed by atoms with Gasteiger partial charge in [-0.15, -0.1) is 0 Å². The highest BCUT2D eigenvalue weighted by Crippen LogP contribution is 2.32. The minimum absolute atomic E-state index is 0.239. The monoisotopic (exact) mass is 476 g/mol. The van der Waals surface area contributed by atoms with Crippen LogP contribution in [0.4, 0.5) is 11.5 Å². The van der Waals surface area contributed by atoms with Crippen molar-refractivity contribution < 1.29 is 18.8 Å². The molecule has 1 aromatic heterocycles. The Morgan fingerprint density at radius 2 is 1.94 bits per heavy atom. The van der Waals surface area contributed by atoms with Crippen molar-refractivity contribution >= 4 is 46.3 Å². The van der Waals surface area contributed by atoms with Gasteiger partial charge < -0.3 is 14.6 Å². The van der Waals surface area contributed by atoms with Crippen LogP contribution < -0.4 is 15.0 Å². The van der Waals surface area contributed by atoms with Crippen molar-refractivity contribution in [1.82, 2.24) is 5.16 Å². The lowest BCUT2D eigenvalue weighted by Crippen LogP contribution is -2.34. The predicted octanol–water partition coefficient (Wildman–Crippen LogP) is 4.89. The summed E-state index contributed by atoms with van der Waals surface area (Å²) < 4.78 is 10.2. The summed E-state index contributed by atoms with van der Waals surface area (Å²) >= 11 is 1.24. The van der Waals surface area contributed by atoms with Crippen LogP contribution in [0.15, 0.2) is 75.9 Å². The second-order valence-electron chi connectivity index (χ2n) is 7.50. The molecule has 0 bridgehead atoms. The lowest BCUT2D eigenvalue weighted by Gasteiger charge is -2.20. The molecule has 3 aromatic rings. The number of hydrogen-bond acceptors (Lipinski definition) is 7. The Balaban J connectivity index is 1.62. The summed E-state index contributed by atoms with van der Waals surface area (Å²) in [6.07, 6.45) is 2.26. The van der Waals surface area contributed by atoms with Crippen molar-refractivity contribution in [2.45, 2.75) is 25.5 Å². The molecule has 8 nitrogen and oxygen atoms in total. The quantitative estimate of drug-likeness (QED) is 0.488. The number of rotatable bonds is 7. The number of ether oxygens (including phenoxy) is 1. The van der Waals surface area contributed by atoms with Gasteiger partial charge in [0.2, 0.25) is 5.91 Å². The SMILES string of the molecule is CC[C@@H](SC1=N/C(=C\c2ccc(OC)cc2)C(=O)N1c1ccccc1)C(=O)Nc1cc(C)on1. The molecule has 0 radical (unpaired) electrons. The Bertz CT molecular complexity index is 1240. The van der Waals surface area contributed by atoms with E-state index in [-0.39, 0.29) is 11.8 Å². The number of amides is 2. The molecule has 4 rings (SSSR count). The van der Waals surface area contributed by atoms with Gasteiger partial charge in [-0.3, -0.25) is 14.5 Å². The van der Waals surface area contributed by atoms with E-state index in [4.69, 9.17) is 9.26 Å². The minimum atomic E-state index is -0.491. The molecule has 0 saturated carbocycles. The van der Waals surface area contributed by atoms with E-state index in [2.05, 4.69) is 15.5 Å². The Labute approximate surface area is 201 Å². The number of amidine groups is 1. The van der Waals surface area contributed by atoms with Crippen LogP contribution in [0, 0.1) is 6.92 Å². The van der Waals surface area contributed by atoms with Crippen molar-refractivity contribution in [1.29, 1.82) is 0 Å². The van der Waals surface area contributed by atoms with Gasteiger partial charge in [-0.25, -0.2) is 4.99 Å². The summed E-state index contributed by atoms with van der Waals surface area (Å²) in [5.74, 6) is 1.18. The molecule has 1 atom stereocenters. The standard InChI is InChI=1S/C25H24N4O4S/c1-4-21(23(30)27-22-14-16(2)33-28-22)34-25-26-20(15-17-10-12-19(32-3)13-11-17)24(31)29(25)18-8-6-5-7-9-18/h5-15,21H,4H2,1-3H3,(H,27,28,30)/b20-15-/t21-/m1/s1. The third kappa shape index (κ3) is 5.20. The number of aryl methyl sites for hydroxylation is 1. The van der Waals surface area contributed by atoms with Crippen molar-refractivity contribution in [2.24, 2.45) is 4.99 Å². The van der Waals surface area contributed by atoms with E-state index in [0.717, 1.165) is 11.3 Å². The maximum Gasteiger partial charge on any atom is 0.283 e. The molecular formula is C25H24N4O4S. The molecular weight excluding hydrogens is 452 g/mol. The van der Waals surface area contributed by atoms with Gasteiger partial charge in [0.05, 0.1) is 18.0 Å². The third-order valence-corrected chi connectivity index (χ3v) is 6.37. The van der Waals surface area contributed by atoms with E-state index in [1.165, 1.54) is 16.7 Å². The highest BCUT2D eigenvalue weighted by molar-refractivity contribution is 8.15. The van der Waals surface area contributed by atoms with Crippen molar-refractivity contribution in [2.75, 3.05) is 17.3 Å². The molecule has 2 heterocycles.